The van der Waals surface area contributed by atoms with Crippen LogP contribution in [0.4, 0.5) is 5.82 Å². The molecule has 1 aromatic carbocycles. The third-order valence-electron chi connectivity index (χ3n) is 5.70. The third kappa shape index (κ3) is 4.85. The second-order valence-corrected chi connectivity index (χ2v) is 8.33. The highest BCUT2D eigenvalue weighted by Gasteiger charge is 2.30. The van der Waals surface area contributed by atoms with Gasteiger partial charge in [-0.3, -0.25) is 0 Å². The van der Waals surface area contributed by atoms with Crippen LogP contribution in [0.15, 0.2) is 30.6 Å². The van der Waals surface area contributed by atoms with Crippen molar-refractivity contribution in [1.82, 2.24) is 19.5 Å². The van der Waals surface area contributed by atoms with Gasteiger partial charge in [-0.25, -0.2) is 15.0 Å². The molecule has 0 unspecified atom stereocenters. The van der Waals surface area contributed by atoms with Gasteiger partial charge in [0.25, 0.3) is 0 Å². The molecule has 0 radical (unpaired) electrons. The zero-order valence-electron chi connectivity index (χ0n) is 18.4. The van der Waals surface area contributed by atoms with Gasteiger partial charge in [-0.2, -0.15) is 0 Å². The van der Waals surface area contributed by atoms with Crippen molar-refractivity contribution in [2.45, 2.75) is 51.3 Å². The fourth-order valence-corrected chi connectivity index (χ4v) is 4.12. The lowest BCUT2D eigenvalue weighted by atomic mass is 9.79. The third-order valence-corrected chi connectivity index (χ3v) is 5.70. The lowest BCUT2D eigenvalue weighted by Crippen LogP contribution is -2.32. The summed E-state index contributed by atoms with van der Waals surface area (Å²) in [6, 6.07) is 7.81. The van der Waals surface area contributed by atoms with E-state index < -0.39 is 5.60 Å². The van der Waals surface area contributed by atoms with Crippen LogP contribution in [0, 0.1) is 30.1 Å². The van der Waals surface area contributed by atoms with Crippen LogP contribution in [-0.2, 0) is 13.1 Å². The molecule has 0 amide bonds. The summed E-state index contributed by atoms with van der Waals surface area (Å²) in [7, 11) is 1.64. The normalized spacial score (nSPS) is 20.2. The first-order valence-corrected chi connectivity index (χ1v) is 10.8. The minimum absolute atomic E-state index is 0.330. The van der Waals surface area contributed by atoms with Crippen LogP contribution >= 0.6 is 0 Å². The summed E-state index contributed by atoms with van der Waals surface area (Å²) in [6.45, 7) is 3.02. The van der Waals surface area contributed by atoms with Gasteiger partial charge < -0.3 is 19.7 Å². The van der Waals surface area contributed by atoms with Crippen molar-refractivity contribution in [2.75, 3.05) is 12.4 Å². The first-order valence-electron chi connectivity index (χ1n) is 10.8. The molecule has 32 heavy (non-hydrogen) atoms. The molecule has 0 spiro atoms. The maximum absolute atomic E-state index is 10.9. The van der Waals surface area contributed by atoms with Gasteiger partial charge in [-0.1, -0.05) is 37.3 Å². The number of ether oxygens (including phenoxy) is 1. The van der Waals surface area contributed by atoms with Gasteiger partial charge in [0.15, 0.2) is 17.0 Å². The van der Waals surface area contributed by atoms with E-state index in [1.807, 2.05) is 24.3 Å². The molecule has 0 saturated heterocycles. The number of methoxy groups -OCH3 is 1. The number of terminal acetylenes is 1. The number of hydrogen-bond donors (Lipinski definition) is 2. The number of imidazole rings is 1. The highest BCUT2D eigenvalue weighted by atomic mass is 16.5. The van der Waals surface area contributed by atoms with Crippen LogP contribution in [0.2, 0.25) is 0 Å². The summed E-state index contributed by atoms with van der Waals surface area (Å²) in [5, 5.41) is 14.2. The molecular formula is C25H27N5O2. The zero-order chi connectivity index (χ0) is 22.6. The average Bonchev–Trinajstić information content (AvgIpc) is 3.19. The molecular weight excluding hydrogens is 402 g/mol. The Bertz CT molecular complexity index is 1220. The highest BCUT2D eigenvalue weighted by molar-refractivity contribution is 5.83. The van der Waals surface area contributed by atoms with Gasteiger partial charge in [-0.05, 0) is 48.8 Å². The number of fused-ring (bicyclic) bond motifs is 1. The Kier molecular flexibility index (Phi) is 6.30. The topological polar surface area (TPSA) is 85.1 Å². The lowest BCUT2D eigenvalue weighted by Gasteiger charge is -2.30. The summed E-state index contributed by atoms with van der Waals surface area (Å²) < 4.78 is 7.09. The molecule has 2 aromatic heterocycles. The minimum Gasteiger partial charge on any atom is -0.497 e. The molecule has 3 aromatic rings. The van der Waals surface area contributed by atoms with E-state index in [1.54, 1.807) is 18.0 Å². The second-order valence-electron chi connectivity index (χ2n) is 8.33. The first-order chi connectivity index (χ1) is 15.5. The van der Waals surface area contributed by atoms with Crippen LogP contribution in [0.3, 0.4) is 0 Å². The average molecular weight is 430 g/mol. The van der Waals surface area contributed by atoms with Gasteiger partial charge in [-0.15, -0.1) is 6.42 Å². The van der Waals surface area contributed by atoms with Gasteiger partial charge >= 0.3 is 0 Å². The number of nitrogens with zero attached hydrogens (tertiary/aromatic N) is 4. The van der Waals surface area contributed by atoms with Gasteiger partial charge in [0.1, 0.15) is 11.4 Å². The van der Waals surface area contributed by atoms with E-state index >= 15 is 0 Å². The van der Waals surface area contributed by atoms with E-state index in [1.165, 1.54) is 0 Å². The van der Waals surface area contributed by atoms with Crippen molar-refractivity contribution in [1.29, 1.82) is 0 Å². The maximum atomic E-state index is 10.9. The molecule has 1 aliphatic carbocycles. The van der Waals surface area contributed by atoms with Crippen molar-refractivity contribution in [2.24, 2.45) is 5.92 Å². The summed E-state index contributed by atoms with van der Waals surface area (Å²) in [6.07, 6.45) is 10.6. The Balaban J connectivity index is 1.67. The predicted octanol–water partition coefficient (Wildman–Crippen LogP) is 3.37. The predicted molar refractivity (Wildman–Crippen MR) is 124 cm³/mol. The van der Waals surface area contributed by atoms with E-state index in [4.69, 9.17) is 11.2 Å². The SMILES string of the molecule is C#CCn1cnc2c(NCc3cccc(OC)c3)nc(C#C[C@]3(O)CCC[C@@H](C)C3)nc21. The Morgan fingerprint density at radius 3 is 3.03 bits per heavy atom. The largest absolute Gasteiger partial charge is 0.497 e. The number of nitrogens with one attached hydrogen (secondary N) is 1. The molecule has 7 heteroatoms. The highest BCUT2D eigenvalue weighted by Crippen LogP contribution is 2.31. The maximum Gasteiger partial charge on any atom is 0.209 e. The number of rotatable bonds is 5. The summed E-state index contributed by atoms with van der Waals surface area (Å²) in [5.74, 6) is 10.8. The van der Waals surface area contributed by atoms with Crippen molar-refractivity contribution in [3.05, 3.63) is 42.0 Å². The Morgan fingerprint density at radius 1 is 1.38 bits per heavy atom. The van der Waals surface area contributed by atoms with E-state index in [9.17, 15) is 5.11 Å². The fourth-order valence-electron chi connectivity index (χ4n) is 4.12. The van der Waals surface area contributed by atoms with Crippen molar-refractivity contribution in [3.8, 4) is 29.9 Å². The molecule has 2 N–H and O–H groups in total. The van der Waals surface area contributed by atoms with Gasteiger partial charge in [0.05, 0.1) is 20.0 Å². The molecule has 7 nitrogen and oxygen atoms in total. The van der Waals surface area contributed by atoms with Gasteiger partial charge in [0, 0.05) is 6.54 Å². The Morgan fingerprint density at radius 2 is 2.25 bits per heavy atom. The summed E-state index contributed by atoms with van der Waals surface area (Å²) in [4.78, 5) is 13.6. The number of hydrogen-bond acceptors (Lipinski definition) is 6. The van der Waals surface area contributed by atoms with Crippen LogP contribution in [-0.4, -0.2) is 37.3 Å². The molecule has 164 valence electrons. The lowest BCUT2D eigenvalue weighted by molar-refractivity contribution is 0.0410. The zero-order valence-corrected chi connectivity index (χ0v) is 18.4. The van der Waals surface area contributed by atoms with Crippen LogP contribution in [0.25, 0.3) is 11.2 Å². The smallest absolute Gasteiger partial charge is 0.209 e. The molecule has 0 bridgehead atoms. The molecule has 2 heterocycles. The molecule has 0 aliphatic heterocycles. The van der Waals surface area contributed by atoms with Crippen LogP contribution in [0.1, 0.15) is 44.0 Å². The number of aromatic nitrogens is 4. The van der Waals surface area contributed by atoms with E-state index in [2.05, 4.69) is 45.0 Å². The van der Waals surface area contributed by atoms with Crippen molar-refractivity contribution in [3.63, 3.8) is 0 Å². The Hall–Kier alpha value is -3.55. The molecule has 4 rings (SSSR count). The molecule has 1 fully saturated rings. The summed E-state index contributed by atoms with van der Waals surface area (Å²) >= 11 is 0. The monoisotopic (exact) mass is 429 g/mol. The number of aliphatic hydroxyl groups is 1. The van der Waals surface area contributed by atoms with Crippen LogP contribution in [0.5, 0.6) is 5.75 Å². The van der Waals surface area contributed by atoms with Crippen molar-refractivity contribution >= 4 is 17.0 Å². The van der Waals surface area contributed by atoms with E-state index in [0.717, 1.165) is 24.2 Å². The van der Waals surface area contributed by atoms with E-state index in [0.29, 0.717) is 54.7 Å². The van der Waals surface area contributed by atoms with Crippen LogP contribution < -0.4 is 10.1 Å². The van der Waals surface area contributed by atoms with Crippen molar-refractivity contribution < 1.29 is 9.84 Å². The fraction of sp³-hybridized carbons (Fsp3) is 0.400. The minimum atomic E-state index is -0.997. The number of benzene rings is 1. The van der Waals surface area contributed by atoms with Gasteiger partial charge in [0.2, 0.25) is 5.82 Å². The van der Waals surface area contributed by atoms with E-state index in [-0.39, 0.29) is 0 Å². The quantitative estimate of drug-likeness (QED) is 0.605. The molecule has 2 atom stereocenters. The summed E-state index contributed by atoms with van der Waals surface area (Å²) in [5.41, 5.74) is 1.28. The second kappa shape index (κ2) is 9.30. The molecule has 1 saturated carbocycles. The molecule has 1 aliphatic rings. The first kappa shape index (κ1) is 21.7. The Labute approximate surface area is 188 Å². The standard InChI is InChI=1S/C25H27N5O2/c1-4-13-30-17-27-22-23(26-16-19-8-5-9-20(14-19)32-3)28-21(29-24(22)30)10-12-25(31)11-6-7-18(2)15-25/h1,5,8-9,14,17-18,31H,6-7,11,13,15-16H2,2-3H3,(H,26,28,29)/t18-,25-/m1/s1. The number of anilines is 1.